The number of aryl methyl sites for hydroxylation is 1. The van der Waals surface area contributed by atoms with Gasteiger partial charge in [0, 0.05) is 16.0 Å². The van der Waals surface area contributed by atoms with Crippen molar-refractivity contribution in [2.24, 2.45) is 0 Å². The minimum absolute atomic E-state index is 0.116. The van der Waals surface area contributed by atoms with E-state index < -0.39 is 6.68 Å². The molecule has 0 spiro atoms. The van der Waals surface area contributed by atoms with E-state index in [0.717, 1.165) is 26.8 Å². The largest absolute Gasteiger partial charge is 0.379 e. The van der Waals surface area contributed by atoms with E-state index in [9.17, 15) is 18.0 Å². The number of fused-ring (bicyclic) bond motifs is 1. The molecule has 1 aromatic heterocycles. The van der Waals surface area contributed by atoms with Crippen LogP contribution >= 0.6 is 11.3 Å². The lowest BCUT2D eigenvalue weighted by molar-refractivity contribution is 0.00819. The van der Waals surface area contributed by atoms with Crippen molar-refractivity contribution in [2.75, 3.05) is 0 Å². The zero-order valence-corrected chi connectivity index (χ0v) is 12.5. The van der Waals surface area contributed by atoms with Gasteiger partial charge in [-0.1, -0.05) is 42.5 Å². The smallest absolute Gasteiger partial charge is 0.289 e. The Labute approximate surface area is 130 Å². The van der Waals surface area contributed by atoms with Crippen LogP contribution in [0.5, 0.6) is 0 Å². The Morgan fingerprint density at radius 3 is 2.23 bits per heavy atom. The summed E-state index contributed by atoms with van der Waals surface area (Å²) in [5, 5.41) is 4.10. The van der Waals surface area contributed by atoms with Crippen LogP contribution in [-0.4, -0.2) is 12.5 Å². The molecular formula is C17H13F3OS. The number of ketones is 1. The summed E-state index contributed by atoms with van der Waals surface area (Å²) >= 11 is 1.61. The Bertz CT molecular complexity index is 772. The van der Waals surface area contributed by atoms with Crippen molar-refractivity contribution in [3.63, 3.8) is 0 Å². The van der Waals surface area contributed by atoms with Crippen molar-refractivity contribution in [3.05, 3.63) is 69.9 Å². The summed E-state index contributed by atoms with van der Waals surface area (Å²) in [6.07, 6.45) is 0. The number of halogens is 3. The van der Waals surface area contributed by atoms with Gasteiger partial charge in [-0.2, -0.15) is 13.2 Å². The summed E-state index contributed by atoms with van der Waals surface area (Å²) in [5.74, 6) is 0.116. The van der Waals surface area contributed by atoms with Crippen LogP contribution in [0.2, 0.25) is 0 Å². The van der Waals surface area contributed by atoms with Crippen molar-refractivity contribution in [3.8, 4) is 0 Å². The summed E-state index contributed by atoms with van der Waals surface area (Å²) in [4.78, 5) is 13.6. The number of carbonyl (C=O) groups is 1. The third-order valence-electron chi connectivity index (χ3n) is 3.14. The van der Waals surface area contributed by atoms with Crippen molar-refractivity contribution in [1.29, 1.82) is 0 Å². The van der Waals surface area contributed by atoms with Crippen LogP contribution in [-0.2, 0) is 0 Å². The molecule has 3 aromatic rings. The number of carbonyl (C=O) groups excluding carboxylic acids is 1. The highest BCUT2D eigenvalue weighted by atomic mass is 32.1. The van der Waals surface area contributed by atoms with Gasteiger partial charge in [0.2, 0.25) is 0 Å². The molecule has 0 bridgehead atoms. The molecule has 0 atom stereocenters. The van der Waals surface area contributed by atoms with Crippen molar-refractivity contribution < 1.29 is 18.0 Å². The third-order valence-corrected chi connectivity index (χ3v) is 3.98. The second kappa shape index (κ2) is 7.22. The second-order valence-electron chi connectivity index (χ2n) is 4.49. The lowest BCUT2D eigenvalue weighted by Gasteiger charge is -2.05. The number of benzene rings is 2. The molecule has 0 amide bonds. The van der Waals surface area contributed by atoms with Crippen LogP contribution < -0.4 is 0 Å². The SMILES string of the molecule is Cc1sccc1C(=O)c1cccc2ccccc12.FC(F)F. The maximum Gasteiger partial charge on any atom is 0.379 e. The van der Waals surface area contributed by atoms with E-state index in [-0.39, 0.29) is 5.78 Å². The third kappa shape index (κ3) is 3.74. The Morgan fingerprint density at radius 1 is 0.955 bits per heavy atom. The Balaban J connectivity index is 0.000000396. The summed E-state index contributed by atoms with van der Waals surface area (Å²) in [6.45, 7) is -1.68. The van der Waals surface area contributed by atoms with Crippen LogP contribution in [0.25, 0.3) is 10.8 Å². The maximum absolute atomic E-state index is 12.5. The van der Waals surface area contributed by atoms with Crippen LogP contribution in [0.3, 0.4) is 0 Å². The number of rotatable bonds is 2. The van der Waals surface area contributed by atoms with Crippen LogP contribution in [0.15, 0.2) is 53.9 Å². The minimum Gasteiger partial charge on any atom is -0.289 e. The van der Waals surface area contributed by atoms with E-state index in [0.29, 0.717) is 0 Å². The van der Waals surface area contributed by atoms with Gasteiger partial charge in [-0.15, -0.1) is 11.3 Å². The molecule has 0 aliphatic rings. The topological polar surface area (TPSA) is 17.1 Å². The van der Waals surface area contributed by atoms with Crippen LogP contribution in [0.1, 0.15) is 20.8 Å². The van der Waals surface area contributed by atoms with Gasteiger partial charge in [-0.3, -0.25) is 4.79 Å². The zero-order chi connectivity index (χ0) is 16.1. The van der Waals surface area contributed by atoms with Crippen LogP contribution in [0, 0.1) is 6.92 Å². The summed E-state index contributed by atoms with van der Waals surface area (Å²) in [5.41, 5.74) is 1.60. The lowest BCUT2D eigenvalue weighted by Crippen LogP contribution is -2.02. The summed E-state index contributed by atoms with van der Waals surface area (Å²) in [6, 6.07) is 15.8. The standard InChI is InChI=1S/C16H12OS.CHF3/c1-11-13(9-10-18-11)16(17)15-8-4-6-12-5-2-3-7-14(12)15;2-1(3)4/h2-10H,1H3;1H. The van der Waals surface area contributed by atoms with E-state index in [1.165, 1.54) is 0 Å². The molecule has 0 fully saturated rings. The molecule has 2 aromatic carbocycles. The van der Waals surface area contributed by atoms with Crippen molar-refractivity contribution >= 4 is 27.9 Å². The first-order valence-corrected chi connectivity index (χ1v) is 7.37. The molecule has 0 aliphatic carbocycles. The predicted molar refractivity (Wildman–Crippen MR) is 83.5 cm³/mol. The fourth-order valence-electron chi connectivity index (χ4n) is 2.19. The summed E-state index contributed by atoms with van der Waals surface area (Å²) < 4.78 is 29.0. The molecule has 1 nitrogen and oxygen atoms in total. The molecule has 0 aliphatic heterocycles. The zero-order valence-electron chi connectivity index (χ0n) is 11.7. The molecule has 0 N–H and O–H groups in total. The second-order valence-corrected chi connectivity index (χ2v) is 5.61. The molecular weight excluding hydrogens is 309 g/mol. The molecule has 0 saturated heterocycles. The van der Waals surface area contributed by atoms with Gasteiger partial charge in [0.15, 0.2) is 5.78 Å². The molecule has 5 heteroatoms. The lowest BCUT2D eigenvalue weighted by atomic mass is 9.98. The number of alkyl halides is 3. The molecule has 114 valence electrons. The van der Waals surface area contributed by atoms with Crippen LogP contribution in [0.4, 0.5) is 13.2 Å². The molecule has 0 saturated carbocycles. The van der Waals surface area contributed by atoms with E-state index in [1.807, 2.05) is 60.8 Å². The van der Waals surface area contributed by atoms with E-state index in [4.69, 9.17) is 0 Å². The maximum atomic E-state index is 12.5. The Morgan fingerprint density at radius 2 is 1.59 bits per heavy atom. The number of hydrogen-bond donors (Lipinski definition) is 0. The van der Waals surface area contributed by atoms with Gasteiger partial charge < -0.3 is 0 Å². The molecule has 0 radical (unpaired) electrons. The van der Waals surface area contributed by atoms with Gasteiger partial charge in [0.25, 0.3) is 0 Å². The van der Waals surface area contributed by atoms with Gasteiger partial charge >= 0.3 is 6.68 Å². The average molecular weight is 322 g/mol. The fourth-order valence-corrected chi connectivity index (χ4v) is 2.88. The monoisotopic (exact) mass is 322 g/mol. The van der Waals surface area contributed by atoms with Gasteiger partial charge in [0.05, 0.1) is 0 Å². The highest BCUT2D eigenvalue weighted by molar-refractivity contribution is 7.10. The first-order valence-electron chi connectivity index (χ1n) is 6.49. The van der Waals surface area contributed by atoms with Gasteiger partial charge in [0.1, 0.15) is 0 Å². The highest BCUT2D eigenvalue weighted by Crippen LogP contribution is 2.24. The Kier molecular flexibility index (Phi) is 5.33. The molecule has 22 heavy (non-hydrogen) atoms. The number of hydrogen-bond acceptors (Lipinski definition) is 2. The van der Waals surface area contributed by atoms with E-state index >= 15 is 0 Å². The normalized spacial score (nSPS) is 10.4. The van der Waals surface area contributed by atoms with Crippen molar-refractivity contribution in [2.45, 2.75) is 13.6 Å². The first-order chi connectivity index (χ1) is 10.5. The van der Waals surface area contributed by atoms with E-state index in [2.05, 4.69) is 0 Å². The predicted octanol–water partition coefficient (Wildman–Crippen LogP) is 5.62. The van der Waals surface area contributed by atoms with Gasteiger partial charge in [-0.25, -0.2) is 0 Å². The van der Waals surface area contributed by atoms with E-state index in [1.54, 1.807) is 11.3 Å². The fraction of sp³-hybridized carbons (Fsp3) is 0.118. The van der Waals surface area contributed by atoms with Crippen molar-refractivity contribution in [1.82, 2.24) is 0 Å². The quantitative estimate of drug-likeness (QED) is 0.560. The summed E-state index contributed by atoms with van der Waals surface area (Å²) in [7, 11) is 0. The minimum atomic E-state index is -3.67. The molecule has 1 heterocycles. The first kappa shape index (κ1) is 16.2. The highest BCUT2D eigenvalue weighted by Gasteiger charge is 2.14. The average Bonchev–Trinajstić information content (AvgIpc) is 2.91. The molecule has 3 rings (SSSR count). The Hall–Kier alpha value is -2.14. The van der Waals surface area contributed by atoms with Gasteiger partial charge in [-0.05, 0) is 29.1 Å². The number of thiophene rings is 1. The molecule has 0 unspecified atom stereocenters.